The number of amides is 2. The molecule has 0 saturated heterocycles. The molecule has 10 heteroatoms. The molecule has 3 aromatic rings. The molecule has 0 aliphatic carbocycles. The lowest BCUT2D eigenvalue weighted by molar-refractivity contribution is 0.0948. The van der Waals surface area contributed by atoms with Crippen LogP contribution in [0.3, 0.4) is 0 Å². The average Bonchev–Trinajstić information content (AvgIpc) is 3.54. The standard InChI is InChI=1S/C25H25N3O6.BrH/c1-28-9-8-17-18(22-23(34-14-33-22)21(31-2)19(17)13-28)12-26-24(29)15-5-3-6-16(11-15)27-25(30)20-7-4-10-32-20;/h3-7,10-11H,8-9,12-14H2,1-2H3,(H,26,29)(H,27,30);1H. The maximum atomic E-state index is 13.0. The minimum atomic E-state index is -0.384. The fourth-order valence-corrected chi connectivity index (χ4v) is 4.40. The van der Waals surface area contributed by atoms with E-state index in [1.165, 1.54) is 6.26 Å². The van der Waals surface area contributed by atoms with Crippen LogP contribution in [0.2, 0.25) is 0 Å². The Morgan fingerprint density at radius 3 is 2.69 bits per heavy atom. The fourth-order valence-electron chi connectivity index (χ4n) is 4.40. The Hall–Kier alpha value is -3.50. The van der Waals surface area contributed by atoms with Crippen LogP contribution >= 0.6 is 17.0 Å². The molecular weight excluding hydrogens is 518 g/mol. The monoisotopic (exact) mass is 543 g/mol. The van der Waals surface area contributed by atoms with Crippen molar-refractivity contribution in [2.75, 3.05) is 32.8 Å². The summed E-state index contributed by atoms with van der Waals surface area (Å²) in [6.45, 7) is 2.02. The van der Waals surface area contributed by atoms with Crippen molar-refractivity contribution in [2.24, 2.45) is 0 Å². The molecule has 0 fully saturated rings. The van der Waals surface area contributed by atoms with Crippen molar-refractivity contribution in [1.29, 1.82) is 0 Å². The first kappa shape index (κ1) is 24.6. The molecule has 0 spiro atoms. The molecule has 2 aromatic carbocycles. The van der Waals surface area contributed by atoms with E-state index in [0.29, 0.717) is 28.5 Å². The number of carbonyl (C=O) groups excluding carboxylic acids is 2. The third-order valence-electron chi connectivity index (χ3n) is 6.02. The number of hydrogen-bond donors (Lipinski definition) is 2. The van der Waals surface area contributed by atoms with E-state index in [1.54, 1.807) is 43.5 Å². The summed E-state index contributed by atoms with van der Waals surface area (Å²) in [4.78, 5) is 27.4. The van der Waals surface area contributed by atoms with Crippen molar-refractivity contribution >= 4 is 34.5 Å². The van der Waals surface area contributed by atoms with Gasteiger partial charge in [0.2, 0.25) is 12.5 Å². The summed E-state index contributed by atoms with van der Waals surface area (Å²) in [5.74, 6) is 1.46. The molecule has 1 aromatic heterocycles. The molecule has 3 heterocycles. The van der Waals surface area contributed by atoms with E-state index >= 15 is 0 Å². The van der Waals surface area contributed by atoms with Crippen LogP contribution in [-0.4, -0.2) is 44.2 Å². The minimum absolute atomic E-state index is 0. The average molecular weight is 544 g/mol. The van der Waals surface area contributed by atoms with Gasteiger partial charge in [-0.1, -0.05) is 6.07 Å². The van der Waals surface area contributed by atoms with E-state index in [0.717, 1.165) is 36.2 Å². The van der Waals surface area contributed by atoms with Crippen LogP contribution in [0.15, 0.2) is 47.1 Å². The van der Waals surface area contributed by atoms with Gasteiger partial charge in [-0.25, -0.2) is 0 Å². The first-order valence-corrected chi connectivity index (χ1v) is 11.0. The van der Waals surface area contributed by atoms with Crippen molar-refractivity contribution in [3.63, 3.8) is 0 Å². The molecule has 9 nitrogen and oxygen atoms in total. The normalized spacial score (nSPS) is 14.0. The molecule has 0 saturated carbocycles. The highest BCUT2D eigenvalue weighted by molar-refractivity contribution is 8.93. The van der Waals surface area contributed by atoms with Crippen LogP contribution in [0.4, 0.5) is 5.69 Å². The molecule has 5 rings (SSSR count). The van der Waals surface area contributed by atoms with E-state index < -0.39 is 0 Å². The van der Waals surface area contributed by atoms with Crippen LogP contribution < -0.4 is 24.8 Å². The Kier molecular flexibility index (Phi) is 7.32. The Morgan fingerprint density at radius 1 is 1.09 bits per heavy atom. The molecular formula is C25H26BrN3O6. The highest BCUT2D eigenvalue weighted by Gasteiger charge is 2.32. The number of nitrogens with zero attached hydrogens (tertiary/aromatic N) is 1. The minimum Gasteiger partial charge on any atom is -0.492 e. The van der Waals surface area contributed by atoms with Crippen LogP contribution in [-0.2, 0) is 19.5 Å². The predicted molar refractivity (Wildman–Crippen MR) is 134 cm³/mol. The summed E-state index contributed by atoms with van der Waals surface area (Å²) in [7, 11) is 3.69. The number of carbonyl (C=O) groups is 2. The highest BCUT2D eigenvalue weighted by Crippen LogP contribution is 2.49. The van der Waals surface area contributed by atoms with Gasteiger partial charge in [0, 0.05) is 42.0 Å². The van der Waals surface area contributed by atoms with Gasteiger partial charge in [0.05, 0.1) is 13.4 Å². The number of methoxy groups -OCH3 is 1. The van der Waals surface area contributed by atoms with Crippen LogP contribution in [0, 0.1) is 0 Å². The number of benzene rings is 2. The topological polar surface area (TPSA) is 102 Å². The molecule has 2 aliphatic heterocycles. The number of nitrogens with one attached hydrogen (secondary N) is 2. The van der Waals surface area contributed by atoms with Gasteiger partial charge in [0.1, 0.15) is 0 Å². The second-order valence-electron chi connectivity index (χ2n) is 8.22. The second-order valence-corrected chi connectivity index (χ2v) is 8.22. The van der Waals surface area contributed by atoms with Gasteiger partial charge in [-0.3, -0.25) is 9.59 Å². The first-order valence-electron chi connectivity index (χ1n) is 11.0. The zero-order chi connectivity index (χ0) is 23.7. The van der Waals surface area contributed by atoms with Gasteiger partial charge in [-0.05, 0) is 49.4 Å². The lowest BCUT2D eigenvalue weighted by Gasteiger charge is -2.29. The zero-order valence-electron chi connectivity index (χ0n) is 19.4. The molecule has 2 aliphatic rings. The van der Waals surface area contributed by atoms with Gasteiger partial charge >= 0.3 is 0 Å². The van der Waals surface area contributed by atoms with Crippen molar-refractivity contribution < 1.29 is 28.2 Å². The largest absolute Gasteiger partial charge is 0.492 e. The number of fused-ring (bicyclic) bond motifs is 2. The number of hydrogen-bond acceptors (Lipinski definition) is 7. The summed E-state index contributed by atoms with van der Waals surface area (Å²) in [5, 5.41) is 5.73. The van der Waals surface area contributed by atoms with E-state index in [-0.39, 0.29) is 47.9 Å². The van der Waals surface area contributed by atoms with Gasteiger partial charge in [-0.2, -0.15) is 0 Å². The molecule has 0 unspecified atom stereocenters. The summed E-state index contributed by atoms with van der Waals surface area (Å²) in [5.41, 5.74) is 4.02. The van der Waals surface area contributed by atoms with Crippen LogP contribution in [0.1, 0.15) is 37.6 Å². The number of furan rings is 1. The van der Waals surface area contributed by atoms with E-state index in [1.807, 2.05) is 0 Å². The molecule has 0 radical (unpaired) electrons. The van der Waals surface area contributed by atoms with Gasteiger partial charge in [0.15, 0.2) is 17.3 Å². The van der Waals surface area contributed by atoms with Gasteiger partial charge in [0.25, 0.3) is 11.8 Å². The third kappa shape index (κ3) is 4.85. The maximum absolute atomic E-state index is 13.0. The zero-order valence-corrected chi connectivity index (χ0v) is 21.1. The summed E-state index contributed by atoms with van der Waals surface area (Å²) < 4.78 is 22.3. The number of halogens is 1. The summed E-state index contributed by atoms with van der Waals surface area (Å²) in [6.07, 6.45) is 2.25. The third-order valence-corrected chi connectivity index (χ3v) is 6.02. The summed E-state index contributed by atoms with van der Waals surface area (Å²) >= 11 is 0. The summed E-state index contributed by atoms with van der Waals surface area (Å²) in [6, 6.07) is 9.96. The number of rotatable bonds is 6. The first-order chi connectivity index (χ1) is 16.5. The van der Waals surface area contributed by atoms with Crippen molar-refractivity contribution in [1.82, 2.24) is 10.2 Å². The van der Waals surface area contributed by atoms with Gasteiger partial charge in [-0.15, -0.1) is 17.0 Å². The lowest BCUT2D eigenvalue weighted by Crippen LogP contribution is -2.30. The fraction of sp³-hybridized carbons (Fsp3) is 0.280. The Labute approximate surface area is 213 Å². The van der Waals surface area contributed by atoms with Crippen molar-refractivity contribution in [2.45, 2.75) is 19.5 Å². The molecule has 0 atom stereocenters. The smallest absolute Gasteiger partial charge is 0.291 e. The lowest BCUT2D eigenvalue weighted by atomic mass is 9.92. The van der Waals surface area contributed by atoms with E-state index in [2.05, 4.69) is 22.6 Å². The molecule has 2 amide bonds. The molecule has 2 N–H and O–H groups in total. The van der Waals surface area contributed by atoms with Gasteiger partial charge < -0.3 is 34.2 Å². The Morgan fingerprint density at radius 2 is 1.91 bits per heavy atom. The number of ether oxygens (including phenoxy) is 3. The Balaban J connectivity index is 0.00000289. The molecule has 184 valence electrons. The quantitative estimate of drug-likeness (QED) is 0.487. The number of anilines is 1. The number of likely N-dealkylation sites (N-methyl/N-ethyl adjacent to an activating group) is 1. The molecule has 0 bridgehead atoms. The molecule has 35 heavy (non-hydrogen) atoms. The predicted octanol–water partition coefficient (Wildman–Crippen LogP) is 3.77. The Bertz CT molecular complexity index is 1240. The van der Waals surface area contributed by atoms with E-state index in [4.69, 9.17) is 18.6 Å². The van der Waals surface area contributed by atoms with Crippen LogP contribution in [0.25, 0.3) is 0 Å². The van der Waals surface area contributed by atoms with Crippen molar-refractivity contribution in [3.05, 3.63) is 70.7 Å². The maximum Gasteiger partial charge on any atom is 0.291 e. The van der Waals surface area contributed by atoms with E-state index in [9.17, 15) is 9.59 Å². The SMILES string of the molecule is Br.COc1c2c(c(CNC(=O)c3cccc(NC(=O)c4ccco4)c3)c3c1OCO3)CCN(C)C2. The second kappa shape index (κ2) is 10.4. The highest BCUT2D eigenvalue weighted by atomic mass is 79.9. The van der Waals surface area contributed by atoms with Crippen molar-refractivity contribution in [3.8, 4) is 17.2 Å². The van der Waals surface area contributed by atoms with Crippen LogP contribution in [0.5, 0.6) is 17.2 Å².